The van der Waals surface area contributed by atoms with E-state index in [4.69, 9.17) is 0 Å². The maximum Gasteiger partial charge on any atom is 0.136 e. The molecule has 0 radical (unpaired) electrons. The molecule has 0 saturated heterocycles. The van der Waals surface area contributed by atoms with Crippen molar-refractivity contribution in [3.8, 4) is 0 Å². The van der Waals surface area contributed by atoms with Gasteiger partial charge in [0.15, 0.2) is 0 Å². The van der Waals surface area contributed by atoms with E-state index in [1.807, 2.05) is 0 Å². The number of Topliss-reactive ketones (excluding diaryl/α,β-unsaturated/α-hetero) is 1. The molecule has 2 saturated carbocycles. The summed E-state index contributed by atoms with van der Waals surface area (Å²) < 4.78 is 0. The summed E-state index contributed by atoms with van der Waals surface area (Å²) in [7, 11) is 0. The summed E-state index contributed by atoms with van der Waals surface area (Å²) in [4.78, 5) is 11.5. The molecule has 1 heteroatoms. The van der Waals surface area contributed by atoms with Crippen LogP contribution in [0.3, 0.4) is 0 Å². The van der Waals surface area contributed by atoms with Crippen LogP contribution in [0, 0.1) is 11.8 Å². The van der Waals surface area contributed by atoms with Crippen LogP contribution in [0.1, 0.15) is 44.9 Å². The van der Waals surface area contributed by atoms with Crippen LogP contribution in [0.15, 0.2) is 0 Å². The Labute approximate surface area is 68.2 Å². The summed E-state index contributed by atoms with van der Waals surface area (Å²) in [5, 5.41) is 0. The van der Waals surface area contributed by atoms with Crippen molar-refractivity contribution in [3.63, 3.8) is 0 Å². The highest BCUT2D eigenvalue weighted by atomic mass is 16.1. The molecule has 62 valence electrons. The molecule has 11 heavy (non-hydrogen) atoms. The average Bonchev–Trinajstić information content (AvgIpc) is 2.40. The lowest BCUT2D eigenvalue weighted by molar-refractivity contribution is -0.123. The van der Waals surface area contributed by atoms with Gasteiger partial charge in [-0.05, 0) is 31.6 Å². The van der Waals surface area contributed by atoms with E-state index in [1.165, 1.54) is 32.1 Å². The van der Waals surface area contributed by atoms with Gasteiger partial charge in [-0.1, -0.05) is 12.8 Å². The zero-order valence-electron chi connectivity index (χ0n) is 7.01. The van der Waals surface area contributed by atoms with Crippen LogP contribution in [0.4, 0.5) is 0 Å². The zero-order chi connectivity index (χ0) is 7.68. The molecule has 0 amide bonds. The molecule has 0 aromatic carbocycles. The monoisotopic (exact) mass is 152 g/mol. The van der Waals surface area contributed by atoms with Gasteiger partial charge in [-0.2, -0.15) is 0 Å². The SMILES string of the molecule is O=C1CCCCC2CCCC12. The highest BCUT2D eigenvalue weighted by molar-refractivity contribution is 5.81. The molecule has 0 bridgehead atoms. The van der Waals surface area contributed by atoms with Crippen LogP contribution in [-0.4, -0.2) is 5.78 Å². The fourth-order valence-electron chi connectivity index (χ4n) is 2.70. The van der Waals surface area contributed by atoms with Gasteiger partial charge in [0.25, 0.3) is 0 Å². The first-order valence-corrected chi connectivity index (χ1v) is 4.90. The quantitative estimate of drug-likeness (QED) is 0.521. The topological polar surface area (TPSA) is 17.1 Å². The van der Waals surface area contributed by atoms with Crippen molar-refractivity contribution >= 4 is 5.78 Å². The van der Waals surface area contributed by atoms with Crippen LogP contribution in [0.5, 0.6) is 0 Å². The molecule has 0 heterocycles. The lowest BCUT2D eigenvalue weighted by Crippen LogP contribution is -2.15. The van der Waals surface area contributed by atoms with Crippen molar-refractivity contribution in [2.24, 2.45) is 11.8 Å². The number of fused-ring (bicyclic) bond motifs is 1. The average molecular weight is 152 g/mol. The first-order valence-electron chi connectivity index (χ1n) is 4.90. The molecule has 2 unspecified atom stereocenters. The van der Waals surface area contributed by atoms with Crippen molar-refractivity contribution in [2.75, 3.05) is 0 Å². The second-order valence-corrected chi connectivity index (χ2v) is 4.01. The van der Waals surface area contributed by atoms with Crippen LogP contribution in [0.25, 0.3) is 0 Å². The summed E-state index contributed by atoms with van der Waals surface area (Å²) in [5.41, 5.74) is 0. The molecule has 0 aromatic rings. The third kappa shape index (κ3) is 1.33. The summed E-state index contributed by atoms with van der Waals surface area (Å²) in [5.74, 6) is 1.84. The standard InChI is InChI=1S/C10H16O/c11-10-7-2-1-4-8-5-3-6-9(8)10/h8-9H,1-7H2. The summed E-state index contributed by atoms with van der Waals surface area (Å²) >= 11 is 0. The Bertz CT molecular complexity index is 162. The molecule has 2 aliphatic rings. The number of hydrogen-bond donors (Lipinski definition) is 0. The maximum absolute atomic E-state index is 11.5. The van der Waals surface area contributed by atoms with Crippen molar-refractivity contribution in [1.29, 1.82) is 0 Å². The van der Waals surface area contributed by atoms with Gasteiger partial charge < -0.3 is 0 Å². The number of ketones is 1. The predicted molar refractivity (Wildman–Crippen MR) is 44.3 cm³/mol. The van der Waals surface area contributed by atoms with Crippen LogP contribution < -0.4 is 0 Å². The fourth-order valence-corrected chi connectivity index (χ4v) is 2.70. The highest BCUT2D eigenvalue weighted by Crippen LogP contribution is 2.38. The molecule has 0 aliphatic heterocycles. The predicted octanol–water partition coefficient (Wildman–Crippen LogP) is 2.55. The summed E-state index contributed by atoms with van der Waals surface area (Å²) in [6, 6.07) is 0. The van der Waals surface area contributed by atoms with Gasteiger partial charge in [0.05, 0.1) is 0 Å². The second kappa shape index (κ2) is 2.96. The largest absolute Gasteiger partial charge is 0.299 e. The molecule has 2 atom stereocenters. The van der Waals surface area contributed by atoms with Gasteiger partial charge in [0.1, 0.15) is 5.78 Å². The first-order chi connectivity index (χ1) is 5.38. The lowest BCUT2D eigenvalue weighted by atomic mass is 9.91. The zero-order valence-corrected chi connectivity index (χ0v) is 7.01. The first kappa shape index (κ1) is 7.33. The van der Waals surface area contributed by atoms with Gasteiger partial charge >= 0.3 is 0 Å². The van der Waals surface area contributed by atoms with E-state index < -0.39 is 0 Å². The summed E-state index contributed by atoms with van der Waals surface area (Å²) in [6.45, 7) is 0. The van der Waals surface area contributed by atoms with E-state index in [0.29, 0.717) is 11.7 Å². The molecule has 0 aromatic heterocycles. The Kier molecular flexibility index (Phi) is 1.97. The van der Waals surface area contributed by atoms with Crippen LogP contribution >= 0.6 is 0 Å². The maximum atomic E-state index is 11.5. The minimum atomic E-state index is 0.484. The number of rotatable bonds is 0. The van der Waals surface area contributed by atoms with Gasteiger partial charge in [0, 0.05) is 12.3 Å². The van der Waals surface area contributed by atoms with Crippen molar-refractivity contribution < 1.29 is 4.79 Å². The van der Waals surface area contributed by atoms with Gasteiger partial charge in [-0.25, -0.2) is 0 Å². The molecule has 1 nitrogen and oxygen atoms in total. The fraction of sp³-hybridized carbons (Fsp3) is 0.900. The Balaban J connectivity index is 2.09. The number of hydrogen-bond acceptors (Lipinski definition) is 1. The normalized spacial score (nSPS) is 38.4. The van der Waals surface area contributed by atoms with E-state index >= 15 is 0 Å². The molecule has 0 spiro atoms. The number of carbonyl (C=O) groups is 1. The number of carbonyl (C=O) groups excluding carboxylic acids is 1. The second-order valence-electron chi connectivity index (χ2n) is 4.01. The van der Waals surface area contributed by atoms with E-state index in [9.17, 15) is 4.79 Å². The smallest absolute Gasteiger partial charge is 0.136 e. The van der Waals surface area contributed by atoms with E-state index in [0.717, 1.165) is 18.8 Å². The molecule has 2 rings (SSSR count). The van der Waals surface area contributed by atoms with Gasteiger partial charge in [0.2, 0.25) is 0 Å². The van der Waals surface area contributed by atoms with Crippen molar-refractivity contribution in [2.45, 2.75) is 44.9 Å². The van der Waals surface area contributed by atoms with E-state index in [-0.39, 0.29) is 0 Å². The Morgan fingerprint density at radius 3 is 2.73 bits per heavy atom. The molecular formula is C10H16O. The van der Waals surface area contributed by atoms with Crippen molar-refractivity contribution in [1.82, 2.24) is 0 Å². The van der Waals surface area contributed by atoms with Gasteiger partial charge in [-0.15, -0.1) is 0 Å². The lowest BCUT2D eigenvalue weighted by Gasteiger charge is -2.13. The Hall–Kier alpha value is -0.330. The highest BCUT2D eigenvalue weighted by Gasteiger charge is 2.33. The minimum Gasteiger partial charge on any atom is -0.299 e. The van der Waals surface area contributed by atoms with E-state index in [2.05, 4.69) is 0 Å². The van der Waals surface area contributed by atoms with Gasteiger partial charge in [-0.3, -0.25) is 4.79 Å². The molecule has 2 aliphatic carbocycles. The summed E-state index contributed by atoms with van der Waals surface area (Å²) in [6.07, 6.45) is 8.50. The third-order valence-corrected chi connectivity index (χ3v) is 3.32. The van der Waals surface area contributed by atoms with E-state index in [1.54, 1.807) is 0 Å². The third-order valence-electron chi connectivity index (χ3n) is 3.32. The van der Waals surface area contributed by atoms with Crippen LogP contribution in [-0.2, 0) is 4.79 Å². The Morgan fingerprint density at radius 2 is 1.82 bits per heavy atom. The minimum absolute atomic E-state index is 0.484. The Morgan fingerprint density at radius 1 is 1.00 bits per heavy atom. The van der Waals surface area contributed by atoms with Crippen molar-refractivity contribution in [3.05, 3.63) is 0 Å². The molecular weight excluding hydrogens is 136 g/mol. The van der Waals surface area contributed by atoms with Crippen LogP contribution in [0.2, 0.25) is 0 Å². The molecule has 2 fully saturated rings. The molecule has 0 N–H and O–H groups in total.